The molecule has 0 fully saturated rings. The van der Waals surface area contributed by atoms with E-state index in [1.165, 1.54) is 50.4 Å². The Morgan fingerprint density at radius 1 is 1.19 bits per heavy atom. The lowest BCUT2D eigenvalue weighted by molar-refractivity contribution is -0.123. The van der Waals surface area contributed by atoms with Gasteiger partial charge in [-0.3, -0.25) is 4.79 Å². The molecule has 0 saturated carbocycles. The van der Waals surface area contributed by atoms with E-state index in [1.807, 2.05) is 0 Å². The second-order valence-electron chi connectivity index (χ2n) is 5.37. The highest BCUT2D eigenvalue weighted by Crippen LogP contribution is 2.22. The maximum absolute atomic E-state index is 13.6. The van der Waals surface area contributed by atoms with Crippen molar-refractivity contribution >= 4 is 39.2 Å². The number of esters is 1. The number of rotatable bonds is 6. The van der Waals surface area contributed by atoms with Crippen molar-refractivity contribution in [1.82, 2.24) is 4.72 Å². The Hall–Kier alpha value is -2.49. The summed E-state index contributed by atoms with van der Waals surface area (Å²) in [7, 11) is -2.58. The summed E-state index contributed by atoms with van der Waals surface area (Å²) in [6, 6.07) is 9.00. The van der Waals surface area contributed by atoms with Gasteiger partial charge in [-0.25, -0.2) is 22.3 Å². The molecule has 0 bridgehead atoms. The fraction of sp³-hybridized carbons (Fsp3) is 0.176. The van der Waals surface area contributed by atoms with Crippen LogP contribution in [0.2, 0.25) is 5.02 Å². The van der Waals surface area contributed by atoms with E-state index in [0.29, 0.717) is 0 Å². The van der Waals surface area contributed by atoms with Crippen LogP contribution in [0.4, 0.5) is 10.1 Å². The van der Waals surface area contributed by atoms with E-state index in [0.717, 1.165) is 6.07 Å². The number of benzene rings is 2. The monoisotopic (exact) mass is 414 g/mol. The molecule has 0 spiro atoms. The van der Waals surface area contributed by atoms with Gasteiger partial charge >= 0.3 is 5.97 Å². The van der Waals surface area contributed by atoms with Crippen LogP contribution in [0.1, 0.15) is 17.3 Å². The van der Waals surface area contributed by atoms with Gasteiger partial charge in [0.1, 0.15) is 5.82 Å². The van der Waals surface area contributed by atoms with E-state index in [2.05, 4.69) is 10.0 Å². The maximum atomic E-state index is 13.6. The third-order valence-corrected chi connectivity index (χ3v) is 5.26. The van der Waals surface area contributed by atoms with E-state index in [9.17, 15) is 22.4 Å². The molecule has 7 nitrogen and oxygen atoms in total. The number of hydrogen-bond donors (Lipinski definition) is 2. The van der Waals surface area contributed by atoms with E-state index in [4.69, 9.17) is 16.3 Å². The largest absolute Gasteiger partial charge is 0.449 e. The fourth-order valence-corrected chi connectivity index (χ4v) is 2.97. The molecule has 0 aliphatic heterocycles. The number of carbonyl (C=O) groups is 2. The highest BCUT2D eigenvalue weighted by molar-refractivity contribution is 7.89. The minimum absolute atomic E-state index is 0.0447. The van der Waals surface area contributed by atoms with Crippen molar-refractivity contribution in [2.75, 3.05) is 12.4 Å². The molecule has 0 saturated heterocycles. The summed E-state index contributed by atoms with van der Waals surface area (Å²) in [5, 5.41) is 2.25. The summed E-state index contributed by atoms with van der Waals surface area (Å²) in [5.41, 5.74) is -0.288. The standard InChI is InChI=1S/C17H16ClFN2O5S/c1-10(16(22)21-15-6-4-3-5-14(15)19)26-17(23)12-9-11(7-8-13(12)18)27(24,25)20-2/h3-10,20H,1-2H3,(H,21,22)/t10-/m1/s1. The van der Waals surface area contributed by atoms with E-state index < -0.39 is 33.8 Å². The minimum atomic E-state index is -3.80. The molecule has 0 aliphatic rings. The lowest BCUT2D eigenvalue weighted by atomic mass is 10.2. The first kappa shape index (κ1) is 20.8. The van der Waals surface area contributed by atoms with E-state index in [-0.39, 0.29) is 21.2 Å². The highest BCUT2D eigenvalue weighted by atomic mass is 35.5. The number of sulfonamides is 1. The smallest absolute Gasteiger partial charge is 0.340 e. The predicted octanol–water partition coefficient (Wildman–Crippen LogP) is 2.57. The number of carbonyl (C=O) groups excluding carboxylic acids is 2. The van der Waals surface area contributed by atoms with Gasteiger partial charge in [0.05, 0.1) is 21.2 Å². The average molecular weight is 415 g/mol. The van der Waals surface area contributed by atoms with Gasteiger partial charge in [0.25, 0.3) is 5.91 Å². The molecule has 144 valence electrons. The van der Waals surface area contributed by atoms with Crippen molar-refractivity contribution in [3.8, 4) is 0 Å². The number of halogens is 2. The number of nitrogens with one attached hydrogen (secondary N) is 2. The Bertz CT molecular complexity index is 981. The summed E-state index contributed by atoms with van der Waals surface area (Å²) in [5.74, 6) is -2.40. The lowest BCUT2D eigenvalue weighted by Gasteiger charge is -2.15. The van der Waals surface area contributed by atoms with Crippen molar-refractivity contribution in [2.45, 2.75) is 17.9 Å². The minimum Gasteiger partial charge on any atom is -0.449 e. The molecule has 0 radical (unpaired) electrons. The number of hydrogen-bond acceptors (Lipinski definition) is 5. The molecule has 2 N–H and O–H groups in total. The normalized spacial score (nSPS) is 12.3. The molecule has 2 aromatic rings. The van der Waals surface area contributed by atoms with Crippen LogP contribution in [-0.2, 0) is 19.6 Å². The Kier molecular flexibility index (Phi) is 6.53. The fourth-order valence-electron chi connectivity index (χ4n) is 2.02. The predicted molar refractivity (Wildman–Crippen MR) is 97.6 cm³/mol. The van der Waals surface area contributed by atoms with Crippen molar-refractivity contribution in [3.05, 3.63) is 58.9 Å². The van der Waals surface area contributed by atoms with Crippen LogP contribution >= 0.6 is 11.6 Å². The second-order valence-corrected chi connectivity index (χ2v) is 7.66. The van der Waals surface area contributed by atoms with Gasteiger partial charge in [-0.2, -0.15) is 0 Å². The molecular weight excluding hydrogens is 399 g/mol. The summed E-state index contributed by atoms with van der Waals surface area (Å²) in [6.45, 7) is 1.29. The first-order valence-corrected chi connectivity index (χ1v) is 9.51. The summed E-state index contributed by atoms with van der Waals surface area (Å²) in [4.78, 5) is 24.2. The summed E-state index contributed by atoms with van der Waals surface area (Å²) < 4.78 is 44.4. The topological polar surface area (TPSA) is 102 Å². The molecule has 1 atom stereocenters. The SMILES string of the molecule is CNS(=O)(=O)c1ccc(Cl)c(C(=O)O[C@H](C)C(=O)Nc2ccccc2F)c1. The van der Waals surface area contributed by atoms with Crippen molar-refractivity contribution < 1.29 is 27.1 Å². The average Bonchev–Trinajstić information content (AvgIpc) is 2.63. The van der Waals surface area contributed by atoms with Crippen LogP contribution < -0.4 is 10.0 Å². The van der Waals surface area contributed by atoms with E-state index in [1.54, 1.807) is 0 Å². The third-order valence-electron chi connectivity index (χ3n) is 3.52. The molecule has 0 heterocycles. The molecule has 10 heteroatoms. The van der Waals surface area contributed by atoms with Gasteiger partial charge in [-0.15, -0.1) is 0 Å². The van der Waals surface area contributed by atoms with Crippen LogP contribution in [0.5, 0.6) is 0 Å². The first-order chi connectivity index (χ1) is 12.7. The van der Waals surface area contributed by atoms with Gasteiger partial charge < -0.3 is 10.1 Å². The number of ether oxygens (including phenoxy) is 1. The molecular formula is C17H16ClFN2O5S. The lowest BCUT2D eigenvalue weighted by Crippen LogP contribution is -2.30. The number of para-hydroxylation sites is 1. The van der Waals surface area contributed by atoms with E-state index >= 15 is 0 Å². The van der Waals surface area contributed by atoms with Gasteiger partial charge in [0.2, 0.25) is 10.0 Å². The zero-order valence-electron chi connectivity index (χ0n) is 14.3. The Labute approximate surface area is 160 Å². The quantitative estimate of drug-likeness (QED) is 0.707. The van der Waals surface area contributed by atoms with Crippen molar-refractivity contribution in [2.24, 2.45) is 0 Å². The van der Waals surface area contributed by atoms with Crippen LogP contribution in [-0.4, -0.2) is 33.4 Å². The third kappa shape index (κ3) is 5.03. The molecule has 0 aliphatic carbocycles. The molecule has 0 unspecified atom stereocenters. The summed E-state index contributed by atoms with van der Waals surface area (Å²) >= 11 is 5.93. The van der Waals surface area contributed by atoms with Crippen LogP contribution in [0.3, 0.4) is 0 Å². The van der Waals surface area contributed by atoms with Crippen molar-refractivity contribution in [3.63, 3.8) is 0 Å². The van der Waals surface area contributed by atoms with Gasteiger partial charge in [-0.1, -0.05) is 23.7 Å². The Balaban J connectivity index is 2.15. The zero-order chi connectivity index (χ0) is 20.2. The second kappa shape index (κ2) is 8.47. The Morgan fingerprint density at radius 3 is 2.48 bits per heavy atom. The molecule has 2 rings (SSSR count). The summed E-state index contributed by atoms with van der Waals surface area (Å²) in [6.07, 6.45) is -1.28. The molecule has 1 amide bonds. The van der Waals surface area contributed by atoms with Crippen molar-refractivity contribution in [1.29, 1.82) is 0 Å². The Morgan fingerprint density at radius 2 is 1.85 bits per heavy atom. The van der Waals surface area contributed by atoms with Gasteiger partial charge in [0, 0.05) is 0 Å². The molecule has 2 aromatic carbocycles. The van der Waals surface area contributed by atoms with Gasteiger partial charge in [-0.05, 0) is 44.3 Å². The van der Waals surface area contributed by atoms with Crippen LogP contribution in [0.15, 0.2) is 47.4 Å². The number of amides is 1. The van der Waals surface area contributed by atoms with Crippen LogP contribution in [0, 0.1) is 5.82 Å². The highest BCUT2D eigenvalue weighted by Gasteiger charge is 2.23. The molecule has 27 heavy (non-hydrogen) atoms. The molecule has 0 aromatic heterocycles. The zero-order valence-corrected chi connectivity index (χ0v) is 15.9. The van der Waals surface area contributed by atoms with Gasteiger partial charge in [0.15, 0.2) is 6.10 Å². The van der Waals surface area contributed by atoms with Crippen LogP contribution in [0.25, 0.3) is 0 Å². The first-order valence-electron chi connectivity index (χ1n) is 7.65. The maximum Gasteiger partial charge on any atom is 0.340 e. The number of anilines is 1.